The summed E-state index contributed by atoms with van der Waals surface area (Å²) in [5.74, 6) is -0.980. The Balaban J connectivity index is 4.06. The van der Waals surface area contributed by atoms with Gasteiger partial charge in [-0.05, 0) is 83.5 Å². The maximum Gasteiger partial charge on any atom is 0.306 e. The molecule has 0 aliphatic heterocycles. The van der Waals surface area contributed by atoms with Crippen LogP contribution in [0.3, 0.4) is 0 Å². The van der Waals surface area contributed by atoms with Crippen LogP contribution in [0.1, 0.15) is 348 Å². The molecule has 80 heavy (non-hydrogen) atoms. The highest BCUT2D eigenvalue weighted by Gasteiger charge is 2.19. The van der Waals surface area contributed by atoms with Gasteiger partial charge in [0.05, 0.1) is 0 Å². The lowest BCUT2D eigenvalue weighted by molar-refractivity contribution is -0.166. The van der Waals surface area contributed by atoms with Crippen molar-refractivity contribution in [2.75, 3.05) is 13.2 Å². The van der Waals surface area contributed by atoms with E-state index >= 15 is 0 Å². The summed E-state index contributed by atoms with van der Waals surface area (Å²) >= 11 is 0. The van der Waals surface area contributed by atoms with E-state index in [1.54, 1.807) is 0 Å². The molecular formula is C74H130O6. The Morgan fingerprint density at radius 2 is 0.512 bits per heavy atom. The van der Waals surface area contributed by atoms with Crippen LogP contribution in [-0.2, 0) is 28.6 Å². The summed E-state index contributed by atoms with van der Waals surface area (Å²) in [6, 6.07) is 0. The average Bonchev–Trinajstić information content (AvgIpc) is 3.46. The van der Waals surface area contributed by atoms with Crippen LogP contribution in [0, 0.1) is 0 Å². The Bertz CT molecular complexity index is 1520. The third-order valence-corrected chi connectivity index (χ3v) is 15.1. The molecule has 0 aromatic rings. The number of unbranched alkanes of at least 4 members (excludes halogenated alkanes) is 38. The highest BCUT2D eigenvalue weighted by atomic mass is 16.6. The van der Waals surface area contributed by atoms with Gasteiger partial charge < -0.3 is 14.2 Å². The van der Waals surface area contributed by atoms with Crippen molar-refractivity contribution in [1.29, 1.82) is 0 Å². The Hall–Kier alpha value is -3.41. The number of hydrogen-bond donors (Lipinski definition) is 0. The zero-order chi connectivity index (χ0) is 57.8. The molecule has 6 heteroatoms. The molecule has 0 aromatic carbocycles. The van der Waals surface area contributed by atoms with Crippen LogP contribution in [0.4, 0.5) is 0 Å². The smallest absolute Gasteiger partial charge is 0.306 e. The van der Waals surface area contributed by atoms with E-state index in [9.17, 15) is 14.4 Å². The van der Waals surface area contributed by atoms with E-state index in [4.69, 9.17) is 14.2 Å². The monoisotopic (exact) mass is 1110 g/mol. The summed E-state index contributed by atoms with van der Waals surface area (Å²) in [6.07, 6.45) is 91.0. The highest BCUT2D eigenvalue weighted by molar-refractivity contribution is 5.71. The standard InChI is InChI=1S/C74H130O6/c1-4-7-10-13-16-19-21-23-25-27-29-30-31-32-33-34-35-36-37-38-39-40-41-42-43-44-46-47-49-51-53-55-58-61-64-67-73(76)79-70-71(69-78-72(75)66-63-60-57-18-15-12-9-6-3)80-74(77)68-65-62-59-56-54-52-50-48-45-28-26-24-22-20-17-14-11-8-5-2/h8,11,17,20,24,26-27,29,45,48,52,54,59,62,71H,4-7,9-10,12-16,18-19,21-23,25,28,30-44,46-47,49-51,53,55-58,60-61,63-70H2,1-3H3/b11-8-,20-17-,26-24-,29-27-,48-45-,54-52-,62-59-. The van der Waals surface area contributed by atoms with Crippen molar-refractivity contribution in [3.63, 3.8) is 0 Å². The van der Waals surface area contributed by atoms with Crippen LogP contribution in [0.15, 0.2) is 85.1 Å². The quantitative estimate of drug-likeness (QED) is 0.0261. The number of rotatable bonds is 63. The highest BCUT2D eigenvalue weighted by Crippen LogP contribution is 2.18. The van der Waals surface area contributed by atoms with Crippen molar-refractivity contribution in [3.05, 3.63) is 85.1 Å². The molecule has 0 aliphatic carbocycles. The maximum atomic E-state index is 12.8. The first-order valence-electron chi connectivity index (χ1n) is 34.6. The second kappa shape index (κ2) is 68.1. The third kappa shape index (κ3) is 65.4. The van der Waals surface area contributed by atoms with Crippen LogP contribution in [-0.4, -0.2) is 37.2 Å². The van der Waals surface area contributed by atoms with Crippen LogP contribution in [0.5, 0.6) is 0 Å². The first-order valence-corrected chi connectivity index (χ1v) is 34.6. The molecule has 0 spiro atoms. The van der Waals surface area contributed by atoms with Crippen molar-refractivity contribution in [2.24, 2.45) is 0 Å². The van der Waals surface area contributed by atoms with Gasteiger partial charge in [0.15, 0.2) is 6.10 Å². The normalized spacial score (nSPS) is 12.6. The van der Waals surface area contributed by atoms with Crippen LogP contribution < -0.4 is 0 Å². The average molecular weight is 1120 g/mol. The summed E-state index contributed by atoms with van der Waals surface area (Å²) in [6.45, 7) is 6.47. The van der Waals surface area contributed by atoms with E-state index in [0.717, 1.165) is 77.0 Å². The van der Waals surface area contributed by atoms with Gasteiger partial charge in [-0.15, -0.1) is 0 Å². The second-order valence-corrected chi connectivity index (χ2v) is 23.1. The molecule has 0 saturated carbocycles. The summed E-state index contributed by atoms with van der Waals surface area (Å²) in [5, 5.41) is 0. The lowest BCUT2D eigenvalue weighted by Crippen LogP contribution is -2.30. The van der Waals surface area contributed by atoms with Gasteiger partial charge in [0, 0.05) is 19.3 Å². The fraction of sp³-hybridized carbons (Fsp3) is 0.770. The topological polar surface area (TPSA) is 78.9 Å². The first-order chi connectivity index (χ1) is 39.5. The minimum absolute atomic E-state index is 0.103. The number of esters is 3. The second-order valence-electron chi connectivity index (χ2n) is 23.1. The predicted molar refractivity (Wildman–Crippen MR) is 348 cm³/mol. The van der Waals surface area contributed by atoms with Crippen LogP contribution in [0.2, 0.25) is 0 Å². The van der Waals surface area contributed by atoms with E-state index in [-0.39, 0.29) is 37.5 Å². The fourth-order valence-corrected chi connectivity index (χ4v) is 10.00. The van der Waals surface area contributed by atoms with Gasteiger partial charge in [-0.1, -0.05) is 331 Å². The fourth-order valence-electron chi connectivity index (χ4n) is 10.00. The molecule has 0 rings (SSSR count). The van der Waals surface area contributed by atoms with Crippen molar-refractivity contribution < 1.29 is 28.6 Å². The van der Waals surface area contributed by atoms with Gasteiger partial charge in [-0.2, -0.15) is 0 Å². The number of carbonyl (C=O) groups excluding carboxylic acids is 3. The SMILES string of the molecule is CC/C=C\C/C=C\C/C=C\C/C=C\C/C=C\C/C=C\CCC(=O)OC(COC(=O)CCCCCCCCCC)COC(=O)CCCCCCCCCCCCCCCCCCCCCCCCC/C=C\CCCCCCCCCC. The molecule has 1 atom stereocenters. The minimum Gasteiger partial charge on any atom is -0.462 e. The largest absolute Gasteiger partial charge is 0.462 e. The first kappa shape index (κ1) is 76.6. The molecule has 0 bridgehead atoms. The summed E-state index contributed by atoms with van der Waals surface area (Å²) in [5.41, 5.74) is 0. The lowest BCUT2D eigenvalue weighted by Gasteiger charge is -2.18. The molecule has 0 N–H and O–H groups in total. The van der Waals surface area contributed by atoms with E-state index in [0.29, 0.717) is 19.3 Å². The summed E-state index contributed by atoms with van der Waals surface area (Å²) in [4.78, 5) is 38.1. The maximum absolute atomic E-state index is 12.8. The predicted octanol–water partition coefficient (Wildman–Crippen LogP) is 23.8. The van der Waals surface area contributed by atoms with Crippen molar-refractivity contribution in [1.82, 2.24) is 0 Å². The molecule has 0 radical (unpaired) electrons. The Kier molecular flexibility index (Phi) is 65.2. The number of allylic oxidation sites excluding steroid dienone is 14. The molecule has 0 heterocycles. The summed E-state index contributed by atoms with van der Waals surface area (Å²) in [7, 11) is 0. The van der Waals surface area contributed by atoms with E-state index in [2.05, 4.69) is 99.8 Å². The number of ether oxygens (including phenoxy) is 3. The van der Waals surface area contributed by atoms with Crippen LogP contribution >= 0.6 is 0 Å². The van der Waals surface area contributed by atoms with Gasteiger partial charge in [0.1, 0.15) is 13.2 Å². The van der Waals surface area contributed by atoms with Crippen molar-refractivity contribution in [2.45, 2.75) is 354 Å². The van der Waals surface area contributed by atoms with Gasteiger partial charge in [0.2, 0.25) is 0 Å². The zero-order valence-corrected chi connectivity index (χ0v) is 53.1. The van der Waals surface area contributed by atoms with E-state index in [1.165, 1.54) is 225 Å². The van der Waals surface area contributed by atoms with Crippen molar-refractivity contribution in [3.8, 4) is 0 Å². The van der Waals surface area contributed by atoms with E-state index in [1.807, 2.05) is 6.08 Å². The number of carbonyl (C=O) groups is 3. The number of hydrogen-bond acceptors (Lipinski definition) is 6. The molecule has 0 fully saturated rings. The Labute approximate surface area is 496 Å². The van der Waals surface area contributed by atoms with Gasteiger partial charge in [-0.3, -0.25) is 14.4 Å². The van der Waals surface area contributed by atoms with E-state index < -0.39 is 6.10 Å². The van der Waals surface area contributed by atoms with Crippen LogP contribution in [0.25, 0.3) is 0 Å². The molecule has 0 aromatic heterocycles. The van der Waals surface area contributed by atoms with Gasteiger partial charge in [-0.25, -0.2) is 0 Å². The molecular weight excluding hydrogens is 985 g/mol. The van der Waals surface area contributed by atoms with Crippen molar-refractivity contribution >= 4 is 17.9 Å². The van der Waals surface area contributed by atoms with Gasteiger partial charge in [0.25, 0.3) is 0 Å². The van der Waals surface area contributed by atoms with Gasteiger partial charge >= 0.3 is 17.9 Å². The molecule has 1 unspecified atom stereocenters. The molecule has 0 aliphatic rings. The minimum atomic E-state index is -0.814. The lowest BCUT2D eigenvalue weighted by atomic mass is 10.0. The molecule has 6 nitrogen and oxygen atoms in total. The molecule has 0 saturated heterocycles. The summed E-state index contributed by atoms with van der Waals surface area (Å²) < 4.78 is 16.8. The Morgan fingerprint density at radius 3 is 0.812 bits per heavy atom. The Morgan fingerprint density at radius 1 is 0.263 bits per heavy atom. The molecule has 462 valence electrons. The molecule has 0 amide bonds. The zero-order valence-electron chi connectivity index (χ0n) is 53.1. The third-order valence-electron chi connectivity index (χ3n) is 15.1.